The molecule has 0 aliphatic carbocycles. The molecule has 1 aromatic heterocycles. The summed E-state index contributed by atoms with van der Waals surface area (Å²) in [4.78, 5) is 9.41. The van der Waals surface area contributed by atoms with E-state index in [1.807, 2.05) is 4.68 Å². The molecule has 118 valence electrons. The van der Waals surface area contributed by atoms with Crippen LogP contribution in [0, 0.1) is 6.92 Å². The minimum absolute atomic E-state index is 0.510. The van der Waals surface area contributed by atoms with Crippen LogP contribution in [0.15, 0.2) is 30.6 Å². The van der Waals surface area contributed by atoms with Crippen molar-refractivity contribution in [1.82, 2.24) is 19.7 Å². The monoisotopic (exact) mass is 299 g/mol. The van der Waals surface area contributed by atoms with E-state index in [4.69, 9.17) is 0 Å². The van der Waals surface area contributed by atoms with Gasteiger partial charge in [-0.1, -0.05) is 18.2 Å². The molecule has 1 fully saturated rings. The van der Waals surface area contributed by atoms with Gasteiger partial charge in [-0.25, -0.2) is 9.67 Å². The molecule has 0 unspecified atom stereocenters. The van der Waals surface area contributed by atoms with Crippen LogP contribution in [-0.2, 0) is 13.1 Å². The Labute approximate surface area is 132 Å². The molecule has 0 spiro atoms. The van der Waals surface area contributed by atoms with E-state index in [1.54, 1.807) is 6.33 Å². The largest absolute Gasteiger partial charge is 0.368 e. The first-order valence-electron chi connectivity index (χ1n) is 8.10. The first-order valence-corrected chi connectivity index (χ1v) is 8.10. The summed E-state index contributed by atoms with van der Waals surface area (Å²) in [7, 11) is 0. The summed E-state index contributed by atoms with van der Waals surface area (Å²) in [5, 5.41) is 4.27. The molecule has 1 aromatic carbocycles. The topological polar surface area (TPSA) is 37.2 Å². The van der Waals surface area contributed by atoms with E-state index in [0.29, 0.717) is 6.04 Å². The second-order valence-electron chi connectivity index (χ2n) is 6.04. The van der Waals surface area contributed by atoms with Crippen molar-refractivity contribution < 1.29 is 0 Å². The van der Waals surface area contributed by atoms with Crippen LogP contribution < -0.4 is 4.90 Å². The molecule has 1 aliphatic rings. The predicted molar refractivity (Wildman–Crippen MR) is 89.0 cm³/mol. The standard InChI is InChI=1S/C17H25N5/c1-4-22-17(18-13-19-22)12-20-9-10-21(11-15(20)3)16-8-6-5-7-14(16)2/h5-8,13,15H,4,9-12H2,1-3H3/t15-/m1/s1. The summed E-state index contributed by atoms with van der Waals surface area (Å²) in [6.07, 6.45) is 1.66. The second-order valence-corrected chi connectivity index (χ2v) is 6.04. The van der Waals surface area contributed by atoms with Gasteiger partial charge >= 0.3 is 0 Å². The first-order chi connectivity index (χ1) is 10.7. The number of nitrogens with zero attached hydrogens (tertiary/aromatic N) is 5. The van der Waals surface area contributed by atoms with E-state index in [9.17, 15) is 0 Å². The molecule has 2 aromatic rings. The molecule has 5 heteroatoms. The van der Waals surface area contributed by atoms with Gasteiger partial charge in [-0.3, -0.25) is 4.90 Å². The number of hydrogen-bond donors (Lipinski definition) is 0. The molecule has 22 heavy (non-hydrogen) atoms. The van der Waals surface area contributed by atoms with Gasteiger partial charge in [0, 0.05) is 37.9 Å². The molecule has 1 aliphatic heterocycles. The van der Waals surface area contributed by atoms with Crippen molar-refractivity contribution in [2.24, 2.45) is 0 Å². The predicted octanol–water partition coefficient (Wildman–Crippen LogP) is 2.32. The SMILES string of the molecule is CCn1ncnc1CN1CCN(c2ccccc2C)C[C@H]1C. The van der Waals surface area contributed by atoms with Gasteiger partial charge in [0.1, 0.15) is 12.2 Å². The van der Waals surface area contributed by atoms with Crippen molar-refractivity contribution in [3.63, 3.8) is 0 Å². The van der Waals surface area contributed by atoms with Gasteiger partial charge in [0.05, 0.1) is 6.54 Å². The summed E-state index contributed by atoms with van der Waals surface area (Å²) in [5.41, 5.74) is 2.72. The number of aromatic nitrogens is 3. The van der Waals surface area contributed by atoms with Crippen LogP contribution in [0.3, 0.4) is 0 Å². The summed E-state index contributed by atoms with van der Waals surface area (Å²) in [6, 6.07) is 9.16. The fourth-order valence-electron chi connectivity index (χ4n) is 3.22. The van der Waals surface area contributed by atoms with E-state index >= 15 is 0 Å². The van der Waals surface area contributed by atoms with E-state index in [0.717, 1.165) is 38.5 Å². The third-order valence-electron chi connectivity index (χ3n) is 4.56. The Bertz CT molecular complexity index is 621. The van der Waals surface area contributed by atoms with Gasteiger partial charge < -0.3 is 4.90 Å². The number of anilines is 1. The lowest BCUT2D eigenvalue weighted by Crippen LogP contribution is -2.51. The molecular formula is C17H25N5. The van der Waals surface area contributed by atoms with E-state index in [-0.39, 0.29) is 0 Å². The summed E-state index contributed by atoms with van der Waals surface area (Å²) in [6.45, 7) is 11.6. The van der Waals surface area contributed by atoms with Crippen molar-refractivity contribution in [3.8, 4) is 0 Å². The minimum atomic E-state index is 0.510. The molecule has 3 rings (SSSR count). The Balaban J connectivity index is 1.67. The van der Waals surface area contributed by atoms with Crippen molar-refractivity contribution in [3.05, 3.63) is 42.0 Å². The second kappa shape index (κ2) is 6.48. The lowest BCUT2D eigenvalue weighted by molar-refractivity contribution is 0.173. The Morgan fingerprint density at radius 2 is 2.05 bits per heavy atom. The van der Waals surface area contributed by atoms with Crippen molar-refractivity contribution >= 4 is 5.69 Å². The third kappa shape index (κ3) is 2.99. The summed E-state index contributed by atoms with van der Waals surface area (Å²) in [5.74, 6) is 1.07. The summed E-state index contributed by atoms with van der Waals surface area (Å²) >= 11 is 0. The maximum atomic E-state index is 4.40. The Kier molecular flexibility index (Phi) is 4.43. The van der Waals surface area contributed by atoms with E-state index in [2.05, 4.69) is 64.9 Å². The highest BCUT2D eigenvalue weighted by Crippen LogP contribution is 2.23. The van der Waals surface area contributed by atoms with Crippen LogP contribution in [0.1, 0.15) is 25.2 Å². The zero-order valence-corrected chi connectivity index (χ0v) is 13.7. The van der Waals surface area contributed by atoms with Gasteiger partial charge in [-0.15, -0.1) is 0 Å². The van der Waals surface area contributed by atoms with E-state index < -0.39 is 0 Å². The van der Waals surface area contributed by atoms with Gasteiger partial charge in [-0.05, 0) is 32.4 Å². The summed E-state index contributed by atoms with van der Waals surface area (Å²) < 4.78 is 1.99. The van der Waals surface area contributed by atoms with Crippen molar-refractivity contribution in [2.45, 2.75) is 39.9 Å². The molecule has 1 atom stereocenters. The zero-order chi connectivity index (χ0) is 15.5. The van der Waals surface area contributed by atoms with Gasteiger partial charge in [-0.2, -0.15) is 5.10 Å². The van der Waals surface area contributed by atoms with Crippen molar-refractivity contribution in [1.29, 1.82) is 0 Å². The van der Waals surface area contributed by atoms with Crippen LogP contribution in [0.2, 0.25) is 0 Å². The number of para-hydroxylation sites is 1. The fraction of sp³-hybridized carbons (Fsp3) is 0.529. The smallest absolute Gasteiger partial charge is 0.141 e. The van der Waals surface area contributed by atoms with Gasteiger partial charge in [0.25, 0.3) is 0 Å². The number of aryl methyl sites for hydroxylation is 2. The maximum absolute atomic E-state index is 4.40. The molecule has 0 radical (unpaired) electrons. The molecule has 0 amide bonds. The maximum Gasteiger partial charge on any atom is 0.141 e. The highest BCUT2D eigenvalue weighted by molar-refractivity contribution is 5.53. The van der Waals surface area contributed by atoms with E-state index in [1.165, 1.54) is 11.3 Å². The van der Waals surface area contributed by atoms with Crippen LogP contribution in [0.4, 0.5) is 5.69 Å². The molecule has 0 saturated carbocycles. The average molecular weight is 299 g/mol. The quantitative estimate of drug-likeness (QED) is 0.868. The van der Waals surface area contributed by atoms with Crippen molar-refractivity contribution in [2.75, 3.05) is 24.5 Å². The Morgan fingerprint density at radius 3 is 2.77 bits per heavy atom. The normalized spacial score (nSPS) is 19.6. The molecule has 1 saturated heterocycles. The van der Waals surface area contributed by atoms with Crippen LogP contribution in [0.25, 0.3) is 0 Å². The number of hydrogen-bond acceptors (Lipinski definition) is 4. The molecule has 0 bridgehead atoms. The Hall–Kier alpha value is -1.88. The number of piperazine rings is 1. The van der Waals surface area contributed by atoms with Crippen LogP contribution in [0.5, 0.6) is 0 Å². The molecule has 2 heterocycles. The molecule has 5 nitrogen and oxygen atoms in total. The average Bonchev–Trinajstić information content (AvgIpc) is 2.97. The van der Waals surface area contributed by atoms with Crippen LogP contribution in [-0.4, -0.2) is 45.3 Å². The van der Waals surface area contributed by atoms with Gasteiger partial charge in [0.15, 0.2) is 0 Å². The highest BCUT2D eigenvalue weighted by atomic mass is 15.4. The Morgan fingerprint density at radius 1 is 1.23 bits per heavy atom. The fourth-order valence-corrected chi connectivity index (χ4v) is 3.22. The van der Waals surface area contributed by atoms with Crippen LogP contribution >= 0.6 is 0 Å². The van der Waals surface area contributed by atoms with Gasteiger partial charge in [0.2, 0.25) is 0 Å². The lowest BCUT2D eigenvalue weighted by Gasteiger charge is -2.41. The zero-order valence-electron chi connectivity index (χ0n) is 13.7. The third-order valence-corrected chi connectivity index (χ3v) is 4.56. The first kappa shape index (κ1) is 15.0. The number of benzene rings is 1. The number of rotatable bonds is 4. The molecular weight excluding hydrogens is 274 g/mol. The highest BCUT2D eigenvalue weighted by Gasteiger charge is 2.25. The molecule has 0 N–H and O–H groups in total. The minimum Gasteiger partial charge on any atom is -0.368 e. The lowest BCUT2D eigenvalue weighted by atomic mass is 10.1.